The smallest absolute Gasteiger partial charge is 0.224 e. The monoisotopic (exact) mass is 242 g/mol. The summed E-state index contributed by atoms with van der Waals surface area (Å²) in [5.41, 5.74) is 6.16. The van der Waals surface area contributed by atoms with Gasteiger partial charge in [-0.3, -0.25) is 4.79 Å². The Bertz CT molecular complexity index is 257. The molecule has 1 fully saturated rings. The number of aliphatic hydroxyl groups is 1. The lowest BCUT2D eigenvalue weighted by Gasteiger charge is -2.26. The van der Waals surface area contributed by atoms with E-state index in [0.29, 0.717) is 19.0 Å². The van der Waals surface area contributed by atoms with E-state index >= 15 is 0 Å². The molecule has 1 atom stereocenters. The van der Waals surface area contributed by atoms with E-state index in [4.69, 9.17) is 10.8 Å². The highest BCUT2D eigenvalue weighted by atomic mass is 16.3. The number of rotatable bonds is 6. The van der Waals surface area contributed by atoms with Crippen LogP contribution in [0.5, 0.6) is 0 Å². The van der Waals surface area contributed by atoms with Crippen molar-refractivity contribution < 1.29 is 9.90 Å². The first-order valence-corrected chi connectivity index (χ1v) is 6.49. The van der Waals surface area contributed by atoms with Gasteiger partial charge in [0.15, 0.2) is 0 Å². The Hall–Kier alpha value is -0.610. The fraction of sp³-hybridized carbons (Fsp3) is 0.923. The van der Waals surface area contributed by atoms with Crippen molar-refractivity contribution in [2.45, 2.75) is 58.5 Å². The van der Waals surface area contributed by atoms with Crippen molar-refractivity contribution in [1.82, 2.24) is 4.90 Å². The van der Waals surface area contributed by atoms with Crippen LogP contribution in [0, 0.1) is 5.41 Å². The van der Waals surface area contributed by atoms with E-state index in [9.17, 15) is 4.79 Å². The molecule has 100 valence electrons. The van der Waals surface area contributed by atoms with Gasteiger partial charge in [0.25, 0.3) is 0 Å². The summed E-state index contributed by atoms with van der Waals surface area (Å²) in [5.74, 6) is 0.0956. The van der Waals surface area contributed by atoms with Crippen LogP contribution in [0.3, 0.4) is 0 Å². The molecule has 0 heterocycles. The Morgan fingerprint density at radius 1 is 1.47 bits per heavy atom. The average molecular weight is 242 g/mol. The lowest BCUT2D eigenvalue weighted by molar-refractivity contribution is -0.132. The van der Waals surface area contributed by atoms with Crippen LogP contribution in [0.25, 0.3) is 0 Å². The molecule has 4 heteroatoms. The third-order valence-corrected chi connectivity index (χ3v) is 2.96. The van der Waals surface area contributed by atoms with Gasteiger partial charge in [0.2, 0.25) is 5.91 Å². The van der Waals surface area contributed by atoms with Crippen molar-refractivity contribution in [2.24, 2.45) is 11.1 Å². The third-order valence-electron chi connectivity index (χ3n) is 2.96. The van der Waals surface area contributed by atoms with Crippen LogP contribution in [-0.4, -0.2) is 41.1 Å². The topological polar surface area (TPSA) is 66.6 Å². The summed E-state index contributed by atoms with van der Waals surface area (Å²) in [6, 6.07) is 0.277. The van der Waals surface area contributed by atoms with Crippen molar-refractivity contribution in [3.63, 3.8) is 0 Å². The number of carbonyl (C=O) groups is 1. The zero-order valence-electron chi connectivity index (χ0n) is 11.3. The first kappa shape index (κ1) is 14.5. The van der Waals surface area contributed by atoms with Crippen LogP contribution in [0.15, 0.2) is 0 Å². The average Bonchev–Trinajstić information content (AvgIpc) is 2.93. The lowest BCUT2D eigenvalue weighted by atomic mass is 9.87. The van der Waals surface area contributed by atoms with Gasteiger partial charge in [-0.2, -0.15) is 0 Å². The SMILES string of the molecule is CC(C)(C)CC(N)CC(=O)N(CCO)C1CC1. The summed E-state index contributed by atoms with van der Waals surface area (Å²) in [6.45, 7) is 6.87. The summed E-state index contributed by atoms with van der Waals surface area (Å²) in [6.07, 6.45) is 3.38. The molecule has 1 rings (SSSR count). The molecule has 1 aliphatic rings. The zero-order valence-corrected chi connectivity index (χ0v) is 11.3. The summed E-state index contributed by atoms with van der Waals surface area (Å²) >= 11 is 0. The Morgan fingerprint density at radius 3 is 2.47 bits per heavy atom. The van der Waals surface area contributed by atoms with Gasteiger partial charge in [0.05, 0.1) is 6.61 Å². The van der Waals surface area contributed by atoms with E-state index in [1.54, 1.807) is 4.90 Å². The molecule has 3 N–H and O–H groups in total. The van der Waals surface area contributed by atoms with Crippen molar-refractivity contribution in [3.8, 4) is 0 Å². The Kier molecular flexibility index (Phi) is 4.95. The number of hydrogen-bond donors (Lipinski definition) is 2. The van der Waals surface area contributed by atoms with Gasteiger partial charge in [-0.25, -0.2) is 0 Å². The number of nitrogens with zero attached hydrogens (tertiary/aromatic N) is 1. The number of hydrogen-bond acceptors (Lipinski definition) is 3. The molecule has 4 nitrogen and oxygen atoms in total. The second kappa shape index (κ2) is 5.83. The van der Waals surface area contributed by atoms with Gasteiger partial charge in [-0.05, 0) is 24.7 Å². The highest BCUT2D eigenvalue weighted by Gasteiger charge is 2.32. The fourth-order valence-corrected chi connectivity index (χ4v) is 2.21. The van der Waals surface area contributed by atoms with Crippen molar-refractivity contribution in [1.29, 1.82) is 0 Å². The molecule has 17 heavy (non-hydrogen) atoms. The highest BCUT2D eigenvalue weighted by molar-refractivity contribution is 5.77. The van der Waals surface area contributed by atoms with E-state index < -0.39 is 0 Å². The molecule has 1 aliphatic carbocycles. The van der Waals surface area contributed by atoms with E-state index in [0.717, 1.165) is 19.3 Å². The summed E-state index contributed by atoms with van der Waals surface area (Å²) in [5, 5.41) is 8.96. The van der Waals surface area contributed by atoms with Crippen LogP contribution < -0.4 is 5.73 Å². The Morgan fingerprint density at radius 2 is 2.06 bits per heavy atom. The minimum atomic E-state index is -0.0811. The van der Waals surface area contributed by atoms with Crippen LogP contribution in [0.4, 0.5) is 0 Å². The summed E-state index contributed by atoms with van der Waals surface area (Å²) in [4.78, 5) is 13.8. The van der Waals surface area contributed by atoms with Crippen molar-refractivity contribution in [2.75, 3.05) is 13.2 Å². The lowest BCUT2D eigenvalue weighted by Crippen LogP contribution is -2.40. The van der Waals surface area contributed by atoms with Crippen LogP contribution >= 0.6 is 0 Å². The van der Waals surface area contributed by atoms with Gasteiger partial charge < -0.3 is 15.7 Å². The van der Waals surface area contributed by atoms with Gasteiger partial charge >= 0.3 is 0 Å². The molecule has 1 saturated carbocycles. The molecular formula is C13H26N2O2. The van der Waals surface area contributed by atoms with E-state index in [-0.39, 0.29) is 24.0 Å². The summed E-state index contributed by atoms with van der Waals surface area (Å²) < 4.78 is 0. The molecule has 0 aliphatic heterocycles. The normalized spacial score (nSPS) is 17.9. The first-order chi connectivity index (χ1) is 7.83. The zero-order chi connectivity index (χ0) is 13.1. The number of amides is 1. The van der Waals surface area contributed by atoms with E-state index in [1.807, 2.05) is 0 Å². The number of aliphatic hydroxyl groups excluding tert-OH is 1. The van der Waals surface area contributed by atoms with Crippen LogP contribution in [0.1, 0.15) is 46.5 Å². The maximum Gasteiger partial charge on any atom is 0.224 e. The highest BCUT2D eigenvalue weighted by Crippen LogP contribution is 2.28. The van der Waals surface area contributed by atoms with Crippen LogP contribution in [0.2, 0.25) is 0 Å². The quantitative estimate of drug-likeness (QED) is 0.733. The molecule has 0 aromatic carbocycles. The minimum Gasteiger partial charge on any atom is -0.395 e. The minimum absolute atomic E-state index is 0.0384. The molecule has 0 aromatic rings. The predicted octanol–water partition coefficient (Wildman–Crippen LogP) is 1.12. The van der Waals surface area contributed by atoms with Gasteiger partial charge in [-0.1, -0.05) is 20.8 Å². The van der Waals surface area contributed by atoms with Gasteiger partial charge in [0.1, 0.15) is 0 Å². The molecule has 0 spiro atoms. The standard InChI is InChI=1S/C13H26N2O2/c1-13(2,3)9-10(14)8-12(17)15(6-7-16)11-4-5-11/h10-11,16H,4-9,14H2,1-3H3. The molecule has 0 bridgehead atoms. The molecule has 1 amide bonds. The maximum atomic E-state index is 12.0. The third kappa shape index (κ3) is 5.50. The largest absolute Gasteiger partial charge is 0.395 e. The van der Waals surface area contributed by atoms with E-state index in [2.05, 4.69) is 20.8 Å². The second-order valence-corrected chi connectivity index (χ2v) is 6.27. The van der Waals surface area contributed by atoms with Crippen molar-refractivity contribution >= 4 is 5.91 Å². The first-order valence-electron chi connectivity index (χ1n) is 6.49. The molecule has 0 aromatic heterocycles. The Labute approximate surface area is 104 Å². The maximum absolute atomic E-state index is 12.0. The molecule has 0 saturated heterocycles. The van der Waals surface area contributed by atoms with E-state index in [1.165, 1.54) is 0 Å². The number of carbonyl (C=O) groups excluding carboxylic acids is 1. The fourth-order valence-electron chi connectivity index (χ4n) is 2.21. The Balaban J connectivity index is 2.40. The molecule has 0 radical (unpaired) electrons. The van der Waals surface area contributed by atoms with Gasteiger partial charge in [-0.15, -0.1) is 0 Å². The molecular weight excluding hydrogens is 216 g/mol. The van der Waals surface area contributed by atoms with Crippen LogP contribution in [-0.2, 0) is 4.79 Å². The predicted molar refractivity (Wildman–Crippen MR) is 68.5 cm³/mol. The van der Waals surface area contributed by atoms with Gasteiger partial charge in [0, 0.05) is 25.0 Å². The summed E-state index contributed by atoms with van der Waals surface area (Å²) in [7, 11) is 0. The second-order valence-electron chi connectivity index (χ2n) is 6.27. The van der Waals surface area contributed by atoms with Crippen molar-refractivity contribution in [3.05, 3.63) is 0 Å². The molecule has 1 unspecified atom stereocenters. The number of nitrogens with two attached hydrogens (primary N) is 1.